The van der Waals surface area contributed by atoms with Crippen LogP contribution in [0.5, 0.6) is 0 Å². The highest BCUT2D eigenvalue weighted by Gasteiger charge is 2.15. The van der Waals surface area contributed by atoms with E-state index in [9.17, 15) is 4.79 Å². The van der Waals surface area contributed by atoms with Crippen molar-refractivity contribution < 1.29 is 9.53 Å². The maximum atomic E-state index is 12.3. The largest absolute Gasteiger partial charge is 0.383 e. The zero-order valence-electron chi connectivity index (χ0n) is 16.4. The standard InChI is InChI=1S/C21H23ClN4O2S/c1-15-3-5-16(6-4-15)13-23-19(27)14-29-21-25-24-20(26(21)11-12-28-2)17-7-9-18(22)10-8-17/h3-10H,11-14H2,1-2H3,(H,23,27). The van der Waals surface area contributed by atoms with Crippen molar-refractivity contribution in [1.82, 2.24) is 20.1 Å². The summed E-state index contributed by atoms with van der Waals surface area (Å²) in [5, 5.41) is 12.9. The van der Waals surface area contributed by atoms with Crippen LogP contribution in [0.25, 0.3) is 11.4 Å². The minimum absolute atomic E-state index is 0.0510. The van der Waals surface area contributed by atoms with E-state index in [1.54, 1.807) is 7.11 Å². The number of benzene rings is 2. The van der Waals surface area contributed by atoms with Gasteiger partial charge in [0.2, 0.25) is 5.91 Å². The van der Waals surface area contributed by atoms with E-state index in [1.165, 1.54) is 17.3 Å². The van der Waals surface area contributed by atoms with Crippen LogP contribution in [-0.4, -0.2) is 40.1 Å². The first-order valence-electron chi connectivity index (χ1n) is 9.20. The molecule has 0 aliphatic rings. The summed E-state index contributed by atoms with van der Waals surface area (Å²) in [6.07, 6.45) is 0. The second kappa shape index (κ2) is 10.4. The molecule has 3 aromatic rings. The molecule has 0 unspecified atom stereocenters. The van der Waals surface area contributed by atoms with Crippen LogP contribution in [0.15, 0.2) is 53.7 Å². The van der Waals surface area contributed by atoms with Gasteiger partial charge in [-0.3, -0.25) is 9.36 Å². The fourth-order valence-corrected chi connectivity index (χ4v) is 3.60. The summed E-state index contributed by atoms with van der Waals surface area (Å²) in [5.74, 6) is 0.934. The van der Waals surface area contributed by atoms with Gasteiger partial charge in [-0.15, -0.1) is 10.2 Å². The zero-order chi connectivity index (χ0) is 20.6. The molecule has 0 saturated heterocycles. The Kier molecular flexibility index (Phi) is 7.69. The number of aromatic nitrogens is 3. The number of carbonyl (C=O) groups excluding carboxylic acids is 1. The zero-order valence-corrected chi connectivity index (χ0v) is 18.0. The lowest BCUT2D eigenvalue weighted by Gasteiger charge is -2.10. The number of nitrogens with one attached hydrogen (secondary N) is 1. The molecule has 152 valence electrons. The monoisotopic (exact) mass is 430 g/mol. The summed E-state index contributed by atoms with van der Waals surface area (Å²) in [7, 11) is 1.65. The number of rotatable bonds is 9. The van der Waals surface area contributed by atoms with Crippen LogP contribution in [-0.2, 0) is 22.6 Å². The summed E-state index contributed by atoms with van der Waals surface area (Å²) in [5.41, 5.74) is 3.18. The fourth-order valence-electron chi connectivity index (χ4n) is 2.68. The molecule has 1 aromatic heterocycles. The van der Waals surface area contributed by atoms with Gasteiger partial charge in [0.1, 0.15) is 0 Å². The first-order valence-corrected chi connectivity index (χ1v) is 10.6. The van der Waals surface area contributed by atoms with Crippen molar-refractivity contribution in [2.75, 3.05) is 19.5 Å². The average molecular weight is 431 g/mol. The lowest BCUT2D eigenvalue weighted by molar-refractivity contribution is -0.118. The Morgan fingerprint density at radius 1 is 1.14 bits per heavy atom. The van der Waals surface area contributed by atoms with Gasteiger partial charge >= 0.3 is 0 Å². The fraction of sp³-hybridized carbons (Fsp3) is 0.286. The Morgan fingerprint density at radius 2 is 1.86 bits per heavy atom. The van der Waals surface area contributed by atoms with Gasteiger partial charge in [0.05, 0.1) is 18.9 Å². The first-order chi connectivity index (χ1) is 14.1. The summed E-state index contributed by atoms with van der Waals surface area (Å²) in [6.45, 7) is 3.66. The van der Waals surface area contributed by atoms with Gasteiger partial charge < -0.3 is 10.1 Å². The number of carbonyl (C=O) groups is 1. The molecule has 6 nitrogen and oxygen atoms in total. The lowest BCUT2D eigenvalue weighted by Crippen LogP contribution is -2.24. The summed E-state index contributed by atoms with van der Waals surface area (Å²) in [4.78, 5) is 12.3. The van der Waals surface area contributed by atoms with E-state index >= 15 is 0 Å². The molecule has 0 bridgehead atoms. The van der Waals surface area contributed by atoms with Crippen molar-refractivity contribution in [3.63, 3.8) is 0 Å². The van der Waals surface area contributed by atoms with Crippen LogP contribution in [0.1, 0.15) is 11.1 Å². The molecule has 0 spiro atoms. The molecule has 2 aromatic carbocycles. The van der Waals surface area contributed by atoms with Gasteiger partial charge in [-0.2, -0.15) is 0 Å². The van der Waals surface area contributed by atoms with Gasteiger partial charge in [0.25, 0.3) is 0 Å². The molecule has 0 atom stereocenters. The van der Waals surface area contributed by atoms with Crippen LogP contribution in [0.2, 0.25) is 5.02 Å². The number of halogens is 1. The Labute approximate surface area is 179 Å². The predicted molar refractivity (Wildman–Crippen MR) is 116 cm³/mol. The molecule has 0 aliphatic heterocycles. The molecule has 1 amide bonds. The van der Waals surface area contributed by atoms with Gasteiger partial charge in [0, 0.05) is 24.2 Å². The third kappa shape index (κ3) is 6.06. The summed E-state index contributed by atoms with van der Waals surface area (Å²) >= 11 is 7.34. The van der Waals surface area contributed by atoms with Crippen molar-refractivity contribution >= 4 is 29.3 Å². The molecule has 0 fully saturated rings. The first kappa shape index (κ1) is 21.4. The number of hydrogen-bond acceptors (Lipinski definition) is 5. The van der Waals surface area contributed by atoms with Gasteiger partial charge in [-0.05, 0) is 36.8 Å². The molecular weight excluding hydrogens is 408 g/mol. The third-order valence-electron chi connectivity index (χ3n) is 4.28. The number of amides is 1. The number of hydrogen-bond donors (Lipinski definition) is 1. The Morgan fingerprint density at radius 3 is 2.55 bits per heavy atom. The molecule has 8 heteroatoms. The molecule has 0 aliphatic carbocycles. The minimum Gasteiger partial charge on any atom is -0.383 e. The van der Waals surface area contributed by atoms with Gasteiger partial charge in [-0.1, -0.05) is 53.2 Å². The van der Waals surface area contributed by atoms with Crippen LogP contribution in [0.3, 0.4) is 0 Å². The smallest absolute Gasteiger partial charge is 0.230 e. The molecule has 1 heterocycles. The van der Waals surface area contributed by atoms with Crippen molar-refractivity contribution in [3.8, 4) is 11.4 Å². The van der Waals surface area contributed by atoms with Gasteiger partial charge in [0.15, 0.2) is 11.0 Å². The average Bonchev–Trinajstić information content (AvgIpc) is 3.13. The van der Waals surface area contributed by atoms with Crippen molar-refractivity contribution in [3.05, 3.63) is 64.7 Å². The third-order valence-corrected chi connectivity index (χ3v) is 5.50. The second-order valence-electron chi connectivity index (χ2n) is 6.51. The number of thioether (sulfide) groups is 1. The summed E-state index contributed by atoms with van der Waals surface area (Å²) in [6, 6.07) is 15.5. The van der Waals surface area contributed by atoms with E-state index in [2.05, 4.69) is 15.5 Å². The van der Waals surface area contributed by atoms with Crippen LogP contribution >= 0.6 is 23.4 Å². The molecular formula is C21H23ClN4O2S. The van der Waals surface area contributed by atoms with E-state index in [0.29, 0.717) is 29.9 Å². The number of aryl methyl sites for hydroxylation is 1. The molecule has 3 rings (SSSR count). The van der Waals surface area contributed by atoms with Crippen molar-refractivity contribution in [2.45, 2.75) is 25.2 Å². The van der Waals surface area contributed by atoms with Crippen LogP contribution < -0.4 is 5.32 Å². The second-order valence-corrected chi connectivity index (χ2v) is 7.89. The van der Waals surface area contributed by atoms with E-state index in [0.717, 1.165) is 17.0 Å². The SMILES string of the molecule is COCCn1c(SCC(=O)NCc2ccc(C)cc2)nnc1-c1ccc(Cl)cc1. The number of nitrogens with zero attached hydrogens (tertiary/aromatic N) is 3. The molecule has 0 radical (unpaired) electrons. The molecule has 0 saturated carbocycles. The summed E-state index contributed by atoms with van der Waals surface area (Å²) < 4.78 is 7.18. The molecule has 1 N–H and O–H groups in total. The van der Waals surface area contributed by atoms with Crippen molar-refractivity contribution in [2.24, 2.45) is 0 Å². The van der Waals surface area contributed by atoms with Crippen LogP contribution in [0, 0.1) is 6.92 Å². The normalized spacial score (nSPS) is 10.9. The minimum atomic E-state index is -0.0510. The highest BCUT2D eigenvalue weighted by atomic mass is 35.5. The lowest BCUT2D eigenvalue weighted by atomic mass is 10.1. The van der Waals surface area contributed by atoms with Gasteiger partial charge in [-0.25, -0.2) is 0 Å². The Balaban J connectivity index is 1.64. The maximum absolute atomic E-state index is 12.3. The van der Waals surface area contributed by atoms with E-state index in [-0.39, 0.29) is 11.7 Å². The highest BCUT2D eigenvalue weighted by molar-refractivity contribution is 7.99. The molecule has 29 heavy (non-hydrogen) atoms. The Bertz CT molecular complexity index is 942. The van der Waals surface area contributed by atoms with E-state index in [1.807, 2.05) is 60.0 Å². The number of ether oxygens (including phenoxy) is 1. The maximum Gasteiger partial charge on any atom is 0.230 e. The van der Waals surface area contributed by atoms with Crippen molar-refractivity contribution in [1.29, 1.82) is 0 Å². The van der Waals surface area contributed by atoms with E-state index < -0.39 is 0 Å². The van der Waals surface area contributed by atoms with Crippen LogP contribution in [0.4, 0.5) is 0 Å². The predicted octanol–water partition coefficient (Wildman–Crippen LogP) is 3.96. The quantitative estimate of drug-likeness (QED) is 0.520. The number of methoxy groups -OCH3 is 1. The topological polar surface area (TPSA) is 69.0 Å². The Hall–Kier alpha value is -2.35. The highest BCUT2D eigenvalue weighted by Crippen LogP contribution is 2.25. The van der Waals surface area contributed by atoms with E-state index in [4.69, 9.17) is 16.3 Å².